The molecule has 0 saturated carbocycles. The van der Waals surface area contributed by atoms with E-state index in [1.165, 1.54) is 12.1 Å². The molecule has 20 heavy (non-hydrogen) atoms. The minimum atomic E-state index is -1.23. The third-order valence-corrected chi connectivity index (χ3v) is 3.03. The summed E-state index contributed by atoms with van der Waals surface area (Å²) in [5, 5.41) is 22.4. The number of aromatic hydroxyl groups is 1. The molecule has 2 rings (SSSR count). The summed E-state index contributed by atoms with van der Waals surface area (Å²) in [6.45, 7) is 1.60. The first-order valence-electron chi connectivity index (χ1n) is 6.34. The predicted octanol–water partition coefficient (Wildman–Crippen LogP) is 2.63. The number of aliphatic hydroxyl groups is 1. The van der Waals surface area contributed by atoms with Crippen molar-refractivity contribution in [2.45, 2.75) is 18.9 Å². The van der Waals surface area contributed by atoms with E-state index in [1.54, 1.807) is 31.2 Å². The van der Waals surface area contributed by atoms with Crippen LogP contribution in [0, 0.1) is 0 Å². The van der Waals surface area contributed by atoms with Gasteiger partial charge >= 0.3 is 0 Å². The number of phenolic OH excluding ortho intramolecular Hbond substituents is 1. The standard InChI is InChI=1S/C16H17NO3/c1-16(20,12-6-3-2-4-7-12)11-15(19)17-13-8-5-9-14(18)10-13/h2-10,18,20H,11H2,1H3,(H,17,19). The van der Waals surface area contributed by atoms with Crippen LogP contribution in [0.1, 0.15) is 18.9 Å². The van der Waals surface area contributed by atoms with Gasteiger partial charge in [-0.15, -0.1) is 0 Å². The molecule has 1 amide bonds. The number of rotatable bonds is 4. The van der Waals surface area contributed by atoms with Crippen molar-refractivity contribution in [2.24, 2.45) is 0 Å². The summed E-state index contributed by atoms with van der Waals surface area (Å²) in [6, 6.07) is 15.3. The van der Waals surface area contributed by atoms with Crippen molar-refractivity contribution in [3.05, 3.63) is 60.2 Å². The lowest BCUT2D eigenvalue weighted by molar-refractivity contribution is -0.120. The monoisotopic (exact) mass is 271 g/mol. The molecule has 1 unspecified atom stereocenters. The van der Waals surface area contributed by atoms with Gasteiger partial charge in [-0.05, 0) is 24.6 Å². The van der Waals surface area contributed by atoms with Gasteiger partial charge in [0.15, 0.2) is 0 Å². The van der Waals surface area contributed by atoms with E-state index < -0.39 is 5.60 Å². The summed E-state index contributed by atoms with van der Waals surface area (Å²) < 4.78 is 0. The number of hydrogen-bond donors (Lipinski definition) is 3. The Balaban J connectivity index is 2.04. The van der Waals surface area contributed by atoms with Gasteiger partial charge in [-0.25, -0.2) is 0 Å². The van der Waals surface area contributed by atoms with Crippen LogP contribution in [0.2, 0.25) is 0 Å². The van der Waals surface area contributed by atoms with Crippen LogP contribution < -0.4 is 5.32 Å². The first-order valence-corrected chi connectivity index (χ1v) is 6.34. The predicted molar refractivity (Wildman–Crippen MR) is 77.4 cm³/mol. The normalized spacial score (nSPS) is 13.5. The van der Waals surface area contributed by atoms with Crippen molar-refractivity contribution in [3.63, 3.8) is 0 Å². The molecule has 4 nitrogen and oxygen atoms in total. The zero-order valence-corrected chi connectivity index (χ0v) is 11.2. The van der Waals surface area contributed by atoms with Gasteiger partial charge in [-0.2, -0.15) is 0 Å². The number of anilines is 1. The van der Waals surface area contributed by atoms with Crippen molar-refractivity contribution in [2.75, 3.05) is 5.32 Å². The smallest absolute Gasteiger partial charge is 0.227 e. The average molecular weight is 271 g/mol. The zero-order chi connectivity index (χ0) is 14.6. The topological polar surface area (TPSA) is 69.6 Å². The Kier molecular flexibility index (Phi) is 4.05. The number of phenols is 1. The van der Waals surface area contributed by atoms with Gasteiger partial charge in [0.25, 0.3) is 0 Å². The Labute approximate surface area is 117 Å². The van der Waals surface area contributed by atoms with Crippen LogP contribution in [-0.2, 0) is 10.4 Å². The number of carbonyl (C=O) groups is 1. The molecule has 2 aromatic carbocycles. The van der Waals surface area contributed by atoms with Crippen LogP contribution in [0.3, 0.4) is 0 Å². The molecule has 0 heterocycles. The van der Waals surface area contributed by atoms with Crippen LogP contribution in [0.15, 0.2) is 54.6 Å². The summed E-state index contributed by atoms with van der Waals surface area (Å²) in [7, 11) is 0. The minimum Gasteiger partial charge on any atom is -0.508 e. The highest BCUT2D eigenvalue weighted by Crippen LogP contribution is 2.25. The highest BCUT2D eigenvalue weighted by atomic mass is 16.3. The summed E-state index contributed by atoms with van der Waals surface area (Å²) >= 11 is 0. The Hall–Kier alpha value is -2.33. The van der Waals surface area contributed by atoms with Crippen molar-refractivity contribution in [1.29, 1.82) is 0 Å². The number of hydrogen-bond acceptors (Lipinski definition) is 3. The second kappa shape index (κ2) is 5.75. The number of carbonyl (C=O) groups excluding carboxylic acids is 1. The van der Waals surface area contributed by atoms with E-state index in [0.717, 1.165) is 0 Å². The first-order chi connectivity index (χ1) is 9.47. The van der Waals surface area contributed by atoms with Gasteiger partial charge in [0.05, 0.1) is 12.0 Å². The third-order valence-electron chi connectivity index (χ3n) is 3.03. The molecule has 0 spiro atoms. The lowest BCUT2D eigenvalue weighted by Gasteiger charge is -2.23. The maximum absolute atomic E-state index is 12.0. The number of benzene rings is 2. The maximum Gasteiger partial charge on any atom is 0.227 e. The van der Waals surface area contributed by atoms with Gasteiger partial charge in [0.1, 0.15) is 5.75 Å². The molecule has 0 saturated heterocycles. The summed E-state index contributed by atoms with van der Waals surface area (Å²) in [5.74, 6) is -0.234. The first kappa shape index (κ1) is 14.1. The molecular formula is C16H17NO3. The fraction of sp³-hybridized carbons (Fsp3) is 0.188. The Bertz CT molecular complexity index is 594. The molecule has 0 aliphatic rings. The number of amides is 1. The van der Waals surface area contributed by atoms with E-state index in [0.29, 0.717) is 11.3 Å². The van der Waals surface area contributed by atoms with Crippen molar-refractivity contribution in [1.82, 2.24) is 0 Å². The Morgan fingerprint density at radius 2 is 1.85 bits per heavy atom. The molecule has 0 fully saturated rings. The largest absolute Gasteiger partial charge is 0.508 e. The molecule has 104 valence electrons. The second-order valence-electron chi connectivity index (χ2n) is 4.92. The van der Waals surface area contributed by atoms with Gasteiger partial charge in [0, 0.05) is 11.8 Å². The van der Waals surface area contributed by atoms with Crippen LogP contribution in [0.5, 0.6) is 5.75 Å². The minimum absolute atomic E-state index is 0.0628. The van der Waals surface area contributed by atoms with Crippen molar-refractivity contribution in [3.8, 4) is 5.75 Å². The van der Waals surface area contributed by atoms with Gasteiger partial charge in [-0.3, -0.25) is 4.79 Å². The molecular weight excluding hydrogens is 254 g/mol. The van der Waals surface area contributed by atoms with Crippen molar-refractivity contribution < 1.29 is 15.0 Å². The molecule has 0 aromatic heterocycles. The van der Waals surface area contributed by atoms with Crippen LogP contribution in [-0.4, -0.2) is 16.1 Å². The van der Waals surface area contributed by atoms with Crippen LogP contribution in [0.4, 0.5) is 5.69 Å². The third kappa shape index (κ3) is 3.59. The summed E-state index contributed by atoms with van der Waals surface area (Å²) in [5.41, 5.74) is -0.0488. The van der Waals surface area contributed by atoms with Crippen molar-refractivity contribution >= 4 is 11.6 Å². The van der Waals surface area contributed by atoms with E-state index in [1.807, 2.05) is 18.2 Å². The zero-order valence-electron chi connectivity index (χ0n) is 11.2. The quantitative estimate of drug-likeness (QED) is 0.800. The molecule has 3 N–H and O–H groups in total. The average Bonchev–Trinajstić information content (AvgIpc) is 2.39. The van der Waals surface area contributed by atoms with Crippen LogP contribution >= 0.6 is 0 Å². The summed E-state index contributed by atoms with van der Waals surface area (Å²) in [4.78, 5) is 12.0. The van der Waals surface area contributed by atoms with E-state index in [4.69, 9.17) is 0 Å². The fourth-order valence-electron chi connectivity index (χ4n) is 2.00. The molecule has 2 aromatic rings. The molecule has 0 radical (unpaired) electrons. The van der Waals surface area contributed by atoms with E-state index in [2.05, 4.69) is 5.32 Å². The van der Waals surface area contributed by atoms with Gasteiger partial charge < -0.3 is 15.5 Å². The SMILES string of the molecule is CC(O)(CC(=O)Nc1cccc(O)c1)c1ccccc1. The lowest BCUT2D eigenvalue weighted by atomic mass is 9.92. The Morgan fingerprint density at radius 1 is 1.15 bits per heavy atom. The number of nitrogens with one attached hydrogen (secondary N) is 1. The lowest BCUT2D eigenvalue weighted by Crippen LogP contribution is -2.28. The molecule has 1 atom stereocenters. The Morgan fingerprint density at radius 3 is 2.50 bits per heavy atom. The van der Waals surface area contributed by atoms with Crippen LogP contribution in [0.25, 0.3) is 0 Å². The molecule has 4 heteroatoms. The van der Waals surface area contributed by atoms with Gasteiger partial charge in [0.2, 0.25) is 5.91 Å². The van der Waals surface area contributed by atoms with Gasteiger partial charge in [-0.1, -0.05) is 36.4 Å². The fourth-order valence-corrected chi connectivity index (χ4v) is 2.00. The molecule has 0 bridgehead atoms. The summed E-state index contributed by atoms with van der Waals surface area (Å²) in [6.07, 6.45) is -0.0628. The highest BCUT2D eigenvalue weighted by Gasteiger charge is 2.26. The molecule has 0 aliphatic heterocycles. The molecule has 0 aliphatic carbocycles. The van der Waals surface area contributed by atoms with E-state index in [-0.39, 0.29) is 18.1 Å². The second-order valence-corrected chi connectivity index (χ2v) is 4.92. The van der Waals surface area contributed by atoms with E-state index in [9.17, 15) is 15.0 Å². The van der Waals surface area contributed by atoms with E-state index >= 15 is 0 Å². The maximum atomic E-state index is 12.0. The highest BCUT2D eigenvalue weighted by molar-refractivity contribution is 5.91.